The fraction of sp³-hybridized carbons (Fsp3) is 0.136. The summed E-state index contributed by atoms with van der Waals surface area (Å²) in [5.74, 6) is 0.491. The third kappa shape index (κ3) is 4.60. The molecular formula is C22H19ClN2O5S. The van der Waals surface area contributed by atoms with Crippen molar-refractivity contribution in [3.63, 3.8) is 0 Å². The van der Waals surface area contributed by atoms with Gasteiger partial charge in [-0.25, -0.2) is 8.42 Å². The molecule has 0 atom stereocenters. The Kier molecular flexibility index (Phi) is 5.75. The van der Waals surface area contributed by atoms with Gasteiger partial charge in [-0.05, 0) is 55.0 Å². The molecule has 0 aromatic heterocycles. The number of carbonyl (C=O) groups is 1. The van der Waals surface area contributed by atoms with Crippen LogP contribution in [0.15, 0.2) is 65.6 Å². The highest BCUT2D eigenvalue weighted by atomic mass is 35.5. The van der Waals surface area contributed by atoms with Crippen LogP contribution >= 0.6 is 11.6 Å². The third-order valence-electron chi connectivity index (χ3n) is 4.72. The maximum atomic E-state index is 12.8. The molecule has 0 unspecified atom stereocenters. The number of anilines is 2. The van der Waals surface area contributed by atoms with Crippen molar-refractivity contribution in [2.75, 3.05) is 23.3 Å². The zero-order valence-electron chi connectivity index (χ0n) is 16.5. The number of amides is 1. The van der Waals surface area contributed by atoms with Crippen LogP contribution in [0.3, 0.4) is 0 Å². The van der Waals surface area contributed by atoms with Crippen molar-refractivity contribution in [3.8, 4) is 11.5 Å². The summed E-state index contributed by atoms with van der Waals surface area (Å²) < 4.78 is 39.0. The first-order valence-corrected chi connectivity index (χ1v) is 11.3. The highest BCUT2D eigenvalue weighted by molar-refractivity contribution is 7.92. The Bertz CT molecular complexity index is 1260. The van der Waals surface area contributed by atoms with Crippen molar-refractivity contribution in [2.24, 2.45) is 0 Å². The monoisotopic (exact) mass is 458 g/mol. The van der Waals surface area contributed by atoms with Crippen LogP contribution in [-0.4, -0.2) is 27.5 Å². The summed E-state index contributed by atoms with van der Waals surface area (Å²) in [5.41, 5.74) is 1.87. The van der Waals surface area contributed by atoms with E-state index in [0.29, 0.717) is 41.0 Å². The fourth-order valence-electron chi connectivity index (χ4n) is 3.07. The molecule has 31 heavy (non-hydrogen) atoms. The maximum Gasteiger partial charge on any atom is 0.262 e. The molecule has 1 amide bonds. The normalized spacial score (nSPS) is 12.8. The first kappa shape index (κ1) is 21.0. The number of hydrogen-bond donors (Lipinski definition) is 2. The molecule has 1 aliphatic heterocycles. The summed E-state index contributed by atoms with van der Waals surface area (Å²) in [6.45, 7) is 2.57. The lowest BCUT2D eigenvalue weighted by molar-refractivity contribution is 0.102. The third-order valence-corrected chi connectivity index (χ3v) is 6.51. The highest BCUT2D eigenvalue weighted by Gasteiger charge is 2.20. The van der Waals surface area contributed by atoms with E-state index in [4.69, 9.17) is 21.1 Å². The van der Waals surface area contributed by atoms with Crippen molar-refractivity contribution in [1.82, 2.24) is 0 Å². The molecule has 7 nitrogen and oxygen atoms in total. The van der Waals surface area contributed by atoms with Crippen LogP contribution in [0.5, 0.6) is 11.5 Å². The van der Waals surface area contributed by atoms with Crippen LogP contribution in [0.1, 0.15) is 15.9 Å². The van der Waals surface area contributed by atoms with Crippen LogP contribution in [0.4, 0.5) is 11.4 Å². The second-order valence-corrected chi connectivity index (χ2v) is 8.95. The maximum absolute atomic E-state index is 12.8. The minimum Gasteiger partial charge on any atom is -0.486 e. The minimum absolute atomic E-state index is 0.0288. The lowest BCUT2D eigenvalue weighted by Crippen LogP contribution is -2.18. The molecule has 4 rings (SSSR count). The Hall–Kier alpha value is -3.23. The summed E-state index contributed by atoms with van der Waals surface area (Å²) in [5, 5.41) is 3.33. The molecule has 2 N–H and O–H groups in total. The minimum atomic E-state index is -3.90. The number of rotatable bonds is 5. The first-order chi connectivity index (χ1) is 14.8. The van der Waals surface area contributed by atoms with Gasteiger partial charge in [0, 0.05) is 28.0 Å². The predicted octanol–water partition coefficient (Wildman–Crippen LogP) is 4.47. The number of ether oxygens (including phenoxy) is 2. The number of carbonyl (C=O) groups excluding carboxylic acids is 1. The molecule has 0 spiro atoms. The Morgan fingerprint density at radius 3 is 2.52 bits per heavy atom. The smallest absolute Gasteiger partial charge is 0.262 e. The number of fused-ring (bicyclic) bond motifs is 1. The van der Waals surface area contributed by atoms with Gasteiger partial charge in [0.25, 0.3) is 15.9 Å². The topological polar surface area (TPSA) is 93.7 Å². The van der Waals surface area contributed by atoms with Crippen molar-refractivity contribution in [2.45, 2.75) is 11.8 Å². The number of halogens is 1. The molecule has 9 heteroatoms. The lowest BCUT2D eigenvalue weighted by Gasteiger charge is -2.19. The van der Waals surface area contributed by atoms with E-state index in [-0.39, 0.29) is 16.5 Å². The van der Waals surface area contributed by atoms with E-state index in [1.165, 1.54) is 18.2 Å². The Morgan fingerprint density at radius 1 is 0.968 bits per heavy atom. The quantitative estimate of drug-likeness (QED) is 0.588. The molecule has 0 radical (unpaired) electrons. The van der Waals surface area contributed by atoms with E-state index in [2.05, 4.69) is 10.0 Å². The van der Waals surface area contributed by atoms with E-state index in [9.17, 15) is 13.2 Å². The highest BCUT2D eigenvalue weighted by Crippen LogP contribution is 2.33. The SMILES string of the molecule is Cc1c(Cl)cccc1NC(=O)c1cccc(NS(=O)(=O)c2ccc3c(c2)OCCO3)c1. The molecule has 0 saturated heterocycles. The molecule has 0 fully saturated rings. The average molecular weight is 459 g/mol. The molecule has 1 heterocycles. The predicted molar refractivity (Wildman–Crippen MR) is 119 cm³/mol. The van der Waals surface area contributed by atoms with Gasteiger partial charge >= 0.3 is 0 Å². The molecular weight excluding hydrogens is 440 g/mol. The number of benzene rings is 3. The summed E-state index contributed by atoms with van der Waals surface area (Å²) in [4.78, 5) is 12.7. The van der Waals surface area contributed by atoms with E-state index >= 15 is 0 Å². The second kappa shape index (κ2) is 8.49. The number of hydrogen-bond acceptors (Lipinski definition) is 5. The fourth-order valence-corrected chi connectivity index (χ4v) is 4.31. The van der Waals surface area contributed by atoms with Crippen molar-refractivity contribution in [1.29, 1.82) is 0 Å². The standard InChI is InChI=1S/C22H19ClN2O5S/c1-14-18(23)6-3-7-19(14)24-22(26)15-4-2-5-16(12-15)25-31(27,28)17-8-9-20-21(13-17)30-11-10-29-20/h2-9,12-13,25H,10-11H2,1H3,(H,24,26). The van der Waals surface area contributed by atoms with Crippen LogP contribution in [0.25, 0.3) is 0 Å². The molecule has 1 aliphatic rings. The zero-order chi connectivity index (χ0) is 22.0. The van der Waals surface area contributed by atoms with Gasteiger partial charge in [-0.1, -0.05) is 23.7 Å². The van der Waals surface area contributed by atoms with E-state index in [1.807, 2.05) is 0 Å². The van der Waals surface area contributed by atoms with Gasteiger partial charge in [-0.2, -0.15) is 0 Å². The summed E-state index contributed by atoms with van der Waals surface area (Å²) >= 11 is 6.10. The van der Waals surface area contributed by atoms with Gasteiger partial charge in [0.15, 0.2) is 11.5 Å². The Balaban J connectivity index is 1.54. The van der Waals surface area contributed by atoms with Crippen LogP contribution in [-0.2, 0) is 10.0 Å². The molecule has 0 bridgehead atoms. The largest absolute Gasteiger partial charge is 0.486 e. The van der Waals surface area contributed by atoms with Crippen LogP contribution < -0.4 is 19.5 Å². The first-order valence-electron chi connectivity index (χ1n) is 9.42. The summed E-state index contributed by atoms with van der Waals surface area (Å²) in [7, 11) is -3.90. The summed E-state index contributed by atoms with van der Waals surface area (Å²) in [6, 6.07) is 15.8. The number of sulfonamides is 1. The van der Waals surface area contributed by atoms with Crippen molar-refractivity contribution >= 4 is 38.9 Å². The van der Waals surface area contributed by atoms with E-state index in [0.717, 1.165) is 5.56 Å². The van der Waals surface area contributed by atoms with Crippen LogP contribution in [0.2, 0.25) is 5.02 Å². The van der Waals surface area contributed by atoms with Gasteiger partial charge in [-0.15, -0.1) is 0 Å². The van der Waals surface area contributed by atoms with Gasteiger partial charge in [0.1, 0.15) is 13.2 Å². The average Bonchev–Trinajstić information content (AvgIpc) is 2.76. The number of nitrogens with one attached hydrogen (secondary N) is 2. The lowest BCUT2D eigenvalue weighted by atomic mass is 10.1. The van der Waals surface area contributed by atoms with Gasteiger partial charge in [0.05, 0.1) is 4.90 Å². The van der Waals surface area contributed by atoms with Crippen molar-refractivity contribution < 1.29 is 22.7 Å². The van der Waals surface area contributed by atoms with Gasteiger partial charge in [0.2, 0.25) is 0 Å². The molecule has 0 aliphatic carbocycles. The molecule has 0 saturated carbocycles. The Labute approximate surface area is 185 Å². The zero-order valence-corrected chi connectivity index (χ0v) is 18.1. The Morgan fingerprint density at radius 2 is 1.71 bits per heavy atom. The van der Waals surface area contributed by atoms with E-state index in [1.54, 1.807) is 49.4 Å². The van der Waals surface area contributed by atoms with Gasteiger partial charge < -0.3 is 14.8 Å². The summed E-state index contributed by atoms with van der Waals surface area (Å²) in [6.07, 6.45) is 0. The van der Waals surface area contributed by atoms with Crippen LogP contribution in [0, 0.1) is 6.92 Å². The molecule has 3 aromatic rings. The van der Waals surface area contributed by atoms with E-state index < -0.39 is 10.0 Å². The molecule has 160 valence electrons. The van der Waals surface area contributed by atoms with Crippen molar-refractivity contribution in [3.05, 3.63) is 76.8 Å². The van der Waals surface area contributed by atoms with Gasteiger partial charge in [-0.3, -0.25) is 9.52 Å². The second-order valence-electron chi connectivity index (χ2n) is 6.86. The molecule has 3 aromatic carbocycles.